The van der Waals surface area contributed by atoms with Crippen molar-refractivity contribution in [2.24, 2.45) is 5.92 Å². The van der Waals surface area contributed by atoms with Crippen LogP contribution in [0.3, 0.4) is 0 Å². The van der Waals surface area contributed by atoms with Crippen molar-refractivity contribution in [1.29, 1.82) is 0 Å². The Balaban J connectivity index is 0.000000344. The first-order valence-electron chi connectivity index (χ1n) is 32.2. The molecule has 0 bridgehead atoms. The van der Waals surface area contributed by atoms with Gasteiger partial charge in [0.15, 0.2) is 0 Å². The van der Waals surface area contributed by atoms with E-state index >= 15 is 0 Å². The van der Waals surface area contributed by atoms with E-state index in [1.54, 1.807) is 53.5 Å². The van der Waals surface area contributed by atoms with Crippen molar-refractivity contribution >= 4 is 33.2 Å². The topological polar surface area (TPSA) is 150 Å². The first-order valence-corrected chi connectivity index (χ1v) is 33.1. The Kier molecular flexibility index (Phi) is 39.6. The molecule has 2 N–H and O–H groups in total. The molecule has 9 heterocycles. The van der Waals surface area contributed by atoms with E-state index in [2.05, 4.69) is 270 Å². The molecule has 13 nitrogen and oxygen atoms in total. The summed E-state index contributed by atoms with van der Waals surface area (Å²) < 4.78 is 16.6. The van der Waals surface area contributed by atoms with Gasteiger partial charge in [-0.15, -0.1) is 11.3 Å². The molecule has 0 saturated heterocycles. The van der Waals surface area contributed by atoms with Crippen LogP contribution in [0, 0.1) is 5.92 Å². The lowest BCUT2D eigenvalue weighted by atomic mass is 10.0. The highest BCUT2D eigenvalue weighted by molar-refractivity contribution is 7.09. The number of nitrogens with one attached hydrogen (secondary N) is 2. The minimum Gasteiger partial charge on any atom is -0.469 e. The quantitative estimate of drug-likeness (QED) is 0.145. The molecule has 0 aliphatic rings. The summed E-state index contributed by atoms with van der Waals surface area (Å²) in [4.78, 5) is 15.0. The second kappa shape index (κ2) is 45.8. The molecule has 3 aromatic carbocycles. The molecule has 0 aliphatic heterocycles. The van der Waals surface area contributed by atoms with Crippen LogP contribution in [-0.4, -0.2) is 54.3 Å². The van der Waals surface area contributed by atoms with E-state index in [9.17, 15) is 0 Å². The van der Waals surface area contributed by atoms with Crippen molar-refractivity contribution in [2.75, 3.05) is 0 Å². The number of benzene rings is 3. The van der Waals surface area contributed by atoms with Gasteiger partial charge in [0.1, 0.15) is 29.8 Å². The minimum absolute atomic E-state index is 0.428. The van der Waals surface area contributed by atoms with Crippen LogP contribution in [0.2, 0.25) is 0 Å². The third-order valence-electron chi connectivity index (χ3n) is 12.8. The van der Waals surface area contributed by atoms with E-state index in [1.165, 1.54) is 38.0 Å². The fourth-order valence-corrected chi connectivity index (χ4v) is 8.14. The molecule has 0 fully saturated rings. The van der Waals surface area contributed by atoms with Crippen LogP contribution in [0.5, 0.6) is 0 Å². The van der Waals surface area contributed by atoms with E-state index in [1.807, 2.05) is 108 Å². The summed E-state index contributed by atoms with van der Waals surface area (Å²) in [5.41, 5.74) is 6.32. The summed E-state index contributed by atoms with van der Waals surface area (Å²) in [6, 6.07) is 46.3. The fraction of sp³-hybridized carbons (Fsp3) is 0.403. The van der Waals surface area contributed by atoms with Crippen molar-refractivity contribution in [3.63, 3.8) is 0 Å². The van der Waals surface area contributed by atoms with Crippen molar-refractivity contribution in [3.8, 4) is 0 Å². The van der Waals surface area contributed by atoms with Gasteiger partial charge in [0.2, 0.25) is 0 Å². The number of aromatic amines is 2. The SMILES string of the molecule is CC(C)C.CC(C)c1c[nH]c2ccccc12.CC(C)c1cc2ccccc2o1.CC(C)c1ccccc1.CC(C)c1ccco1.CC(C)c1cn[nH]c1.CC(C)c1nccs1.CC(C)n1cccc1.CC(C)n1cccn1.CC(C)n1cncn1.c1ccncc1. The average molecular weight is 1250 g/mol. The molecule has 12 rings (SSSR count). The normalized spacial score (nSPS) is 10.4. The molecule has 0 spiro atoms. The summed E-state index contributed by atoms with van der Waals surface area (Å²) >= 11 is 1.72. The number of aromatic nitrogens is 11. The molecule has 0 saturated carbocycles. The maximum Gasteiger partial charge on any atom is 0.137 e. The Hall–Kier alpha value is -8.36. The van der Waals surface area contributed by atoms with Crippen molar-refractivity contribution in [3.05, 3.63) is 253 Å². The Morgan fingerprint density at radius 2 is 1.08 bits per heavy atom. The van der Waals surface area contributed by atoms with Crippen LogP contribution < -0.4 is 0 Å². The fourth-order valence-electron chi connectivity index (χ4n) is 7.49. The maximum absolute atomic E-state index is 5.63. The van der Waals surface area contributed by atoms with Gasteiger partial charge < -0.3 is 18.4 Å². The number of thiazole rings is 1. The number of rotatable bonds is 9. The summed E-state index contributed by atoms with van der Waals surface area (Å²) in [5, 5.41) is 20.3. The van der Waals surface area contributed by atoms with Crippen molar-refractivity contribution < 1.29 is 8.83 Å². The lowest BCUT2D eigenvalue weighted by Crippen LogP contribution is -1.99. The zero-order valence-corrected chi connectivity index (χ0v) is 59.6. The molecule has 0 radical (unpaired) electrons. The number of H-pyrrole nitrogens is 2. The predicted octanol–water partition coefficient (Wildman–Crippen LogP) is 23.0. The van der Waals surface area contributed by atoms with E-state index in [0.717, 1.165) is 23.0 Å². The standard InChI is InChI=1S/C11H13N.C11H12O.C9H12.C7H11N.C7H10O.2C6H10N2.C6H9NS.C5H9N3.C5H5N.C4H10/c1-8(2)10-7-12-11-6-4-3-5-9(10)11;1-8(2)11-7-9-5-3-4-6-10(9)12-11;1-8(2)9-6-4-3-5-7-9;1-7(2)8-5-3-4-6-8;1-6(2)7-4-3-5-8-7;1-5(2)6-3-7-8-4-6;1-6(2)8-5-3-4-7-8;1-5(2)6-7-3-4-8-6;1-5(2)8-4-6-3-7-8;1-2-4-6-5-3-1;1-4(2)3/h3-8,12H,1-2H3;3-8H,1-2H3;3-8H,1-2H3;3-7H,1-2H3;3-6H,1-2H3;3-5H,1-2H3,(H,7,8);3-6H,1-2H3;2*3-5H,1-2H3;1-5H;4H,1-3H3. The first kappa shape index (κ1) is 78.7. The van der Waals surface area contributed by atoms with Gasteiger partial charge in [-0.2, -0.15) is 15.3 Å². The zero-order chi connectivity index (χ0) is 67.5. The Labute approximate surface area is 551 Å². The monoisotopic (exact) mass is 1250 g/mol. The molecule has 0 amide bonds. The van der Waals surface area contributed by atoms with Crippen LogP contribution in [-0.2, 0) is 0 Å². The number of pyridine rings is 1. The molecule has 12 aromatic rings. The number of para-hydroxylation sites is 2. The molecule has 492 valence electrons. The van der Waals surface area contributed by atoms with Crippen molar-refractivity contribution in [2.45, 2.75) is 199 Å². The van der Waals surface area contributed by atoms with Gasteiger partial charge in [0.25, 0.3) is 0 Å². The molecular weight excluding hydrogens is 1140 g/mol. The first-order chi connectivity index (χ1) is 43.4. The molecule has 0 unspecified atom stereocenters. The van der Waals surface area contributed by atoms with Gasteiger partial charge in [-0.05, 0) is 143 Å². The Morgan fingerprint density at radius 3 is 1.44 bits per heavy atom. The smallest absolute Gasteiger partial charge is 0.137 e. The van der Waals surface area contributed by atoms with Crippen LogP contribution >= 0.6 is 11.3 Å². The maximum atomic E-state index is 5.63. The lowest BCUT2D eigenvalue weighted by Gasteiger charge is -2.03. The van der Waals surface area contributed by atoms with Gasteiger partial charge in [-0.3, -0.25) is 19.4 Å². The van der Waals surface area contributed by atoms with Gasteiger partial charge in [0, 0.05) is 113 Å². The second-order valence-corrected chi connectivity index (χ2v) is 25.7. The number of hydrogen-bond donors (Lipinski definition) is 2. The predicted molar refractivity (Wildman–Crippen MR) is 387 cm³/mol. The van der Waals surface area contributed by atoms with Gasteiger partial charge >= 0.3 is 0 Å². The lowest BCUT2D eigenvalue weighted by molar-refractivity contribution is 0.487. The highest BCUT2D eigenvalue weighted by Crippen LogP contribution is 2.26. The van der Waals surface area contributed by atoms with E-state index < -0.39 is 0 Å². The van der Waals surface area contributed by atoms with Crippen LogP contribution in [0.1, 0.15) is 232 Å². The summed E-state index contributed by atoms with van der Waals surface area (Å²) in [6.45, 7) is 45.1. The number of hydrogen-bond acceptors (Lipinski definition) is 9. The van der Waals surface area contributed by atoms with Crippen LogP contribution in [0.25, 0.3) is 21.9 Å². The van der Waals surface area contributed by atoms with Gasteiger partial charge in [-0.1, -0.05) is 177 Å². The Bertz CT molecular complexity index is 3080. The molecule has 91 heavy (non-hydrogen) atoms. The molecule has 9 aromatic heterocycles. The van der Waals surface area contributed by atoms with Gasteiger partial charge in [-0.25, -0.2) is 9.97 Å². The second-order valence-electron chi connectivity index (χ2n) is 24.8. The van der Waals surface area contributed by atoms with Crippen LogP contribution in [0.15, 0.2) is 229 Å². The zero-order valence-electron chi connectivity index (χ0n) is 58.8. The summed E-state index contributed by atoms with van der Waals surface area (Å²) in [6.07, 6.45) is 24.1. The highest BCUT2D eigenvalue weighted by Gasteiger charge is 2.07. The largest absolute Gasteiger partial charge is 0.469 e. The van der Waals surface area contributed by atoms with Gasteiger partial charge in [0.05, 0.1) is 17.5 Å². The molecular formula is C77H111N11O2S. The number of nitrogens with zero attached hydrogens (tertiary/aromatic N) is 9. The highest BCUT2D eigenvalue weighted by atomic mass is 32.1. The average Bonchev–Trinajstić information content (AvgIpc) is 1.86. The minimum atomic E-state index is 0.428. The molecule has 0 aliphatic carbocycles. The van der Waals surface area contributed by atoms with E-state index in [0.29, 0.717) is 53.6 Å². The van der Waals surface area contributed by atoms with E-state index in [4.69, 9.17) is 8.83 Å². The molecule has 0 atom stereocenters. The third-order valence-corrected chi connectivity index (χ3v) is 13.9. The summed E-state index contributed by atoms with van der Waals surface area (Å²) in [5.74, 6) is 6.39. The number of furan rings is 2. The van der Waals surface area contributed by atoms with E-state index in [-0.39, 0.29) is 0 Å². The van der Waals surface area contributed by atoms with Crippen molar-refractivity contribution in [1.82, 2.24) is 54.3 Å². The van der Waals surface area contributed by atoms with Crippen LogP contribution in [0.4, 0.5) is 0 Å². The Morgan fingerprint density at radius 1 is 0.473 bits per heavy atom. The summed E-state index contributed by atoms with van der Waals surface area (Å²) in [7, 11) is 0. The third kappa shape index (κ3) is 34.4. The molecule has 14 heteroatoms. The number of fused-ring (bicyclic) bond motifs is 2.